The number of ether oxygens (including phenoxy) is 1. The van der Waals surface area contributed by atoms with E-state index >= 15 is 0 Å². The van der Waals surface area contributed by atoms with E-state index in [0.29, 0.717) is 13.2 Å². The van der Waals surface area contributed by atoms with Crippen LogP contribution < -0.4 is 5.73 Å². The molecule has 0 aromatic heterocycles. The van der Waals surface area contributed by atoms with Gasteiger partial charge in [-0.15, -0.1) is 0 Å². The molecule has 1 atom stereocenters. The molecule has 4 nitrogen and oxygen atoms in total. The van der Waals surface area contributed by atoms with Gasteiger partial charge in [-0.05, 0) is 13.3 Å². The minimum atomic E-state index is -0.147. The lowest BCUT2D eigenvalue weighted by Crippen LogP contribution is -2.31. The van der Waals surface area contributed by atoms with Gasteiger partial charge in [0, 0.05) is 19.1 Å². The molecule has 1 unspecified atom stereocenters. The van der Waals surface area contributed by atoms with Gasteiger partial charge in [-0.25, -0.2) is 0 Å². The smallest absolute Gasteiger partial charge is 0.320 e. The van der Waals surface area contributed by atoms with E-state index in [-0.39, 0.29) is 12.0 Å². The first kappa shape index (κ1) is 9.48. The van der Waals surface area contributed by atoms with Gasteiger partial charge in [0.05, 0.1) is 13.2 Å². The molecule has 0 spiro atoms. The second-order valence-electron chi connectivity index (χ2n) is 3.09. The molecule has 1 aliphatic rings. The van der Waals surface area contributed by atoms with Crippen molar-refractivity contribution in [2.24, 2.45) is 5.73 Å². The van der Waals surface area contributed by atoms with Crippen LogP contribution in [0.4, 0.5) is 0 Å². The summed E-state index contributed by atoms with van der Waals surface area (Å²) >= 11 is 0. The number of hydrogen-bond acceptors (Lipinski definition) is 4. The maximum absolute atomic E-state index is 11.0. The molecule has 0 aromatic carbocycles. The van der Waals surface area contributed by atoms with Crippen LogP contribution in [0.1, 0.15) is 13.3 Å². The highest BCUT2D eigenvalue weighted by atomic mass is 16.5. The van der Waals surface area contributed by atoms with Gasteiger partial charge in [-0.3, -0.25) is 9.69 Å². The van der Waals surface area contributed by atoms with Crippen molar-refractivity contribution in [2.75, 3.05) is 26.2 Å². The summed E-state index contributed by atoms with van der Waals surface area (Å²) < 4.78 is 4.82. The number of esters is 1. The lowest BCUT2D eigenvalue weighted by molar-refractivity contribution is -0.144. The zero-order valence-electron chi connectivity index (χ0n) is 7.45. The zero-order valence-corrected chi connectivity index (χ0v) is 7.45. The Balaban J connectivity index is 2.18. The molecule has 0 aliphatic carbocycles. The lowest BCUT2D eigenvalue weighted by atomic mass is 10.3. The molecule has 2 N–H and O–H groups in total. The van der Waals surface area contributed by atoms with Crippen LogP contribution >= 0.6 is 0 Å². The fraction of sp³-hybridized carbons (Fsp3) is 0.875. The third-order valence-electron chi connectivity index (χ3n) is 1.97. The Kier molecular flexibility index (Phi) is 3.49. The molecule has 12 heavy (non-hydrogen) atoms. The van der Waals surface area contributed by atoms with Crippen molar-refractivity contribution in [3.8, 4) is 0 Å². The molecule has 0 aromatic rings. The largest absolute Gasteiger partial charge is 0.465 e. The van der Waals surface area contributed by atoms with E-state index in [0.717, 1.165) is 19.5 Å². The van der Waals surface area contributed by atoms with Gasteiger partial charge in [0.2, 0.25) is 0 Å². The number of likely N-dealkylation sites (tertiary alicyclic amines) is 1. The van der Waals surface area contributed by atoms with Crippen LogP contribution in [-0.2, 0) is 9.53 Å². The Bertz CT molecular complexity index is 161. The first-order chi connectivity index (χ1) is 5.72. The summed E-state index contributed by atoms with van der Waals surface area (Å²) in [6.07, 6.45) is 0.986. The van der Waals surface area contributed by atoms with Crippen LogP contribution in [0.25, 0.3) is 0 Å². The zero-order chi connectivity index (χ0) is 8.97. The fourth-order valence-corrected chi connectivity index (χ4v) is 1.40. The third kappa shape index (κ3) is 2.79. The molecule has 70 valence electrons. The Labute approximate surface area is 72.7 Å². The van der Waals surface area contributed by atoms with E-state index in [2.05, 4.69) is 0 Å². The molecule has 1 heterocycles. The normalized spacial score (nSPS) is 24.3. The van der Waals surface area contributed by atoms with E-state index < -0.39 is 0 Å². The minimum absolute atomic E-state index is 0.147. The Hall–Kier alpha value is -0.610. The molecule has 0 radical (unpaired) electrons. The molecule has 1 rings (SSSR count). The van der Waals surface area contributed by atoms with Crippen molar-refractivity contribution < 1.29 is 9.53 Å². The lowest BCUT2D eigenvalue weighted by Gasteiger charge is -2.13. The molecule has 0 bridgehead atoms. The van der Waals surface area contributed by atoms with Crippen LogP contribution in [-0.4, -0.2) is 43.2 Å². The van der Waals surface area contributed by atoms with Gasteiger partial charge < -0.3 is 10.5 Å². The van der Waals surface area contributed by atoms with Gasteiger partial charge in [0.1, 0.15) is 0 Å². The van der Waals surface area contributed by atoms with Crippen molar-refractivity contribution in [1.82, 2.24) is 4.90 Å². The topological polar surface area (TPSA) is 55.6 Å². The second kappa shape index (κ2) is 4.42. The highest BCUT2D eigenvalue weighted by Crippen LogP contribution is 2.05. The van der Waals surface area contributed by atoms with Crippen molar-refractivity contribution in [3.05, 3.63) is 0 Å². The van der Waals surface area contributed by atoms with Crippen LogP contribution in [0.15, 0.2) is 0 Å². The van der Waals surface area contributed by atoms with Crippen molar-refractivity contribution in [1.29, 1.82) is 0 Å². The van der Waals surface area contributed by atoms with Crippen molar-refractivity contribution in [3.63, 3.8) is 0 Å². The summed E-state index contributed by atoms with van der Waals surface area (Å²) in [4.78, 5) is 13.0. The van der Waals surface area contributed by atoms with Crippen LogP contribution in [0, 0.1) is 0 Å². The van der Waals surface area contributed by atoms with Crippen LogP contribution in [0.2, 0.25) is 0 Å². The Morgan fingerprint density at radius 3 is 3.00 bits per heavy atom. The summed E-state index contributed by atoms with van der Waals surface area (Å²) in [6.45, 7) is 4.40. The summed E-state index contributed by atoms with van der Waals surface area (Å²) in [5, 5.41) is 0. The van der Waals surface area contributed by atoms with Crippen molar-refractivity contribution in [2.45, 2.75) is 19.4 Å². The number of carbonyl (C=O) groups is 1. The Morgan fingerprint density at radius 1 is 1.75 bits per heavy atom. The average Bonchev–Trinajstić information content (AvgIpc) is 2.36. The summed E-state index contributed by atoms with van der Waals surface area (Å²) in [7, 11) is 0. The third-order valence-corrected chi connectivity index (χ3v) is 1.97. The molecule has 0 amide bonds. The van der Waals surface area contributed by atoms with Gasteiger partial charge >= 0.3 is 5.97 Å². The van der Waals surface area contributed by atoms with Crippen LogP contribution in [0.3, 0.4) is 0 Å². The number of nitrogens with zero attached hydrogens (tertiary/aromatic N) is 1. The molecular weight excluding hydrogens is 156 g/mol. The van der Waals surface area contributed by atoms with E-state index in [9.17, 15) is 4.79 Å². The Morgan fingerprint density at radius 2 is 2.50 bits per heavy atom. The van der Waals surface area contributed by atoms with Gasteiger partial charge in [-0.1, -0.05) is 0 Å². The summed E-state index contributed by atoms with van der Waals surface area (Å²) in [5.41, 5.74) is 5.68. The number of nitrogens with two attached hydrogens (primary N) is 1. The van der Waals surface area contributed by atoms with Gasteiger partial charge in [0.15, 0.2) is 0 Å². The predicted molar refractivity (Wildman–Crippen MR) is 45.7 cm³/mol. The van der Waals surface area contributed by atoms with E-state index in [1.165, 1.54) is 0 Å². The highest BCUT2D eigenvalue weighted by Gasteiger charge is 2.21. The van der Waals surface area contributed by atoms with Gasteiger partial charge in [-0.2, -0.15) is 0 Å². The molecule has 0 saturated carbocycles. The average molecular weight is 172 g/mol. The second-order valence-corrected chi connectivity index (χ2v) is 3.09. The summed E-state index contributed by atoms with van der Waals surface area (Å²) in [6, 6.07) is 0.236. The number of carbonyl (C=O) groups excluding carboxylic acids is 1. The van der Waals surface area contributed by atoms with E-state index in [1.54, 1.807) is 0 Å². The minimum Gasteiger partial charge on any atom is -0.465 e. The number of rotatable bonds is 3. The molecule has 4 heteroatoms. The van der Waals surface area contributed by atoms with Gasteiger partial charge in [0.25, 0.3) is 0 Å². The maximum Gasteiger partial charge on any atom is 0.320 e. The molecule has 1 aliphatic heterocycles. The maximum atomic E-state index is 11.0. The highest BCUT2D eigenvalue weighted by molar-refractivity contribution is 5.71. The van der Waals surface area contributed by atoms with E-state index in [1.807, 2.05) is 11.8 Å². The standard InChI is InChI=1S/C8H16N2O2/c1-2-12-8(11)6-10-4-3-7(9)5-10/h7H,2-6,9H2,1H3. The predicted octanol–water partition coefficient (Wildman–Crippen LogP) is -0.417. The first-order valence-corrected chi connectivity index (χ1v) is 4.36. The SMILES string of the molecule is CCOC(=O)CN1CCC(N)C1. The van der Waals surface area contributed by atoms with Crippen molar-refractivity contribution >= 4 is 5.97 Å². The number of hydrogen-bond donors (Lipinski definition) is 1. The molecule has 1 fully saturated rings. The first-order valence-electron chi connectivity index (χ1n) is 4.36. The molecule has 1 saturated heterocycles. The summed E-state index contributed by atoms with van der Waals surface area (Å²) in [5.74, 6) is -0.147. The van der Waals surface area contributed by atoms with Crippen LogP contribution in [0.5, 0.6) is 0 Å². The molecular formula is C8H16N2O2. The fourth-order valence-electron chi connectivity index (χ4n) is 1.40. The monoisotopic (exact) mass is 172 g/mol. The quantitative estimate of drug-likeness (QED) is 0.588. The van der Waals surface area contributed by atoms with E-state index in [4.69, 9.17) is 10.5 Å².